The van der Waals surface area contributed by atoms with E-state index in [2.05, 4.69) is 0 Å². The summed E-state index contributed by atoms with van der Waals surface area (Å²) in [6.07, 6.45) is -0.159. The van der Waals surface area contributed by atoms with Crippen LogP contribution in [0.1, 0.15) is 36.9 Å². The molecule has 0 aliphatic heterocycles. The Balaban J connectivity index is 2.59. The molecule has 32 heavy (non-hydrogen) atoms. The number of ketones is 1. The summed E-state index contributed by atoms with van der Waals surface area (Å²) in [6, 6.07) is 7.19. The van der Waals surface area contributed by atoms with E-state index in [0.29, 0.717) is 17.1 Å². The van der Waals surface area contributed by atoms with Crippen LogP contribution in [0.25, 0.3) is 0 Å². The third-order valence-electron chi connectivity index (χ3n) is 4.83. The first-order chi connectivity index (χ1) is 15.2. The number of hydrogen-bond acceptors (Lipinski definition) is 6. The van der Waals surface area contributed by atoms with Gasteiger partial charge in [-0.1, -0.05) is 11.6 Å². The summed E-state index contributed by atoms with van der Waals surface area (Å²) in [5.74, 6) is -1.16. The van der Waals surface area contributed by atoms with Crippen LogP contribution >= 0.6 is 11.6 Å². The normalized spacial score (nSPS) is 11.4. The summed E-state index contributed by atoms with van der Waals surface area (Å²) in [4.78, 5) is 38.6. The largest absolute Gasteiger partial charge is 0.497 e. The fraction of sp³-hybridized carbons (Fsp3) is 0.348. The summed E-state index contributed by atoms with van der Waals surface area (Å²) in [7, 11) is 4.13. The van der Waals surface area contributed by atoms with Gasteiger partial charge in [-0.25, -0.2) is 9.18 Å². The first-order valence-electron chi connectivity index (χ1n) is 9.74. The third kappa shape index (κ3) is 6.20. The van der Waals surface area contributed by atoms with Crippen molar-refractivity contribution in [3.63, 3.8) is 0 Å². The standard InChI is InChI=1S/C23H25ClFNO6/c1-14(27)5-10-21(28)26(13-15-6-8-17(30-2)12-20(15)31-3)22(23(29)32-4)18-11-16(25)7-9-19(18)24/h6-9,11-12,22H,5,10,13H2,1-4H3. The van der Waals surface area contributed by atoms with Crippen LogP contribution < -0.4 is 9.47 Å². The number of esters is 1. The van der Waals surface area contributed by atoms with Crippen molar-refractivity contribution in [3.8, 4) is 11.5 Å². The lowest BCUT2D eigenvalue weighted by molar-refractivity contribution is -0.154. The van der Waals surface area contributed by atoms with Crippen LogP contribution in [-0.2, 0) is 25.7 Å². The Bertz CT molecular complexity index is 996. The van der Waals surface area contributed by atoms with Crippen molar-refractivity contribution >= 4 is 29.3 Å². The molecule has 0 spiro atoms. The number of nitrogens with zero attached hydrogens (tertiary/aromatic N) is 1. The molecule has 0 N–H and O–H groups in total. The molecule has 0 aromatic heterocycles. The summed E-state index contributed by atoms with van der Waals surface area (Å²) < 4.78 is 29.6. The first-order valence-corrected chi connectivity index (χ1v) is 10.1. The number of benzene rings is 2. The lowest BCUT2D eigenvalue weighted by atomic mass is 10.0. The van der Waals surface area contributed by atoms with E-state index in [1.807, 2.05) is 0 Å². The van der Waals surface area contributed by atoms with E-state index in [-0.39, 0.29) is 35.8 Å². The second-order valence-corrected chi connectivity index (χ2v) is 7.40. The summed E-state index contributed by atoms with van der Waals surface area (Å²) in [5, 5.41) is 0.0906. The number of carbonyl (C=O) groups excluding carboxylic acids is 3. The molecule has 0 aliphatic rings. The van der Waals surface area contributed by atoms with E-state index in [9.17, 15) is 18.8 Å². The molecule has 2 rings (SSSR count). The Morgan fingerprint density at radius 1 is 1.03 bits per heavy atom. The quantitative estimate of drug-likeness (QED) is 0.491. The van der Waals surface area contributed by atoms with Crippen LogP contribution in [0.4, 0.5) is 4.39 Å². The predicted octanol–water partition coefficient (Wildman–Crippen LogP) is 4.11. The van der Waals surface area contributed by atoms with Gasteiger partial charge in [0.05, 0.1) is 27.9 Å². The fourth-order valence-corrected chi connectivity index (χ4v) is 3.39. The maximum atomic E-state index is 14.0. The van der Waals surface area contributed by atoms with Crippen molar-refractivity contribution < 1.29 is 33.0 Å². The van der Waals surface area contributed by atoms with E-state index in [1.165, 1.54) is 32.1 Å². The molecule has 0 saturated heterocycles. The summed E-state index contributed by atoms with van der Waals surface area (Å²) in [5.41, 5.74) is 0.632. The number of carbonyl (C=O) groups is 3. The molecular formula is C23H25ClFNO6. The van der Waals surface area contributed by atoms with E-state index in [4.69, 9.17) is 25.8 Å². The zero-order valence-electron chi connectivity index (χ0n) is 18.3. The highest BCUT2D eigenvalue weighted by Crippen LogP contribution is 2.34. The Kier molecular flexibility index (Phi) is 9.02. The zero-order chi connectivity index (χ0) is 23.8. The average Bonchev–Trinajstić information content (AvgIpc) is 2.78. The summed E-state index contributed by atoms with van der Waals surface area (Å²) in [6.45, 7) is 1.28. The van der Waals surface area contributed by atoms with Crippen LogP contribution in [0.3, 0.4) is 0 Å². The van der Waals surface area contributed by atoms with Gasteiger partial charge in [-0.3, -0.25) is 4.79 Å². The van der Waals surface area contributed by atoms with Gasteiger partial charge in [-0.15, -0.1) is 0 Å². The smallest absolute Gasteiger partial charge is 0.333 e. The number of Topliss-reactive ketones (excluding diaryl/α,β-unsaturated/α-hetero) is 1. The first kappa shape index (κ1) is 25.1. The summed E-state index contributed by atoms with van der Waals surface area (Å²) >= 11 is 6.26. The highest BCUT2D eigenvalue weighted by molar-refractivity contribution is 6.31. The van der Waals surface area contributed by atoms with E-state index < -0.39 is 23.7 Å². The molecule has 0 saturated carbocycles. The van der Waals surface area contributed by atoms with Crippen LogP contribution in [-0.4, -0.2) is 43.9 Å². The molecule has 1 amide bonds. The molecule has 1 atom stereocenters. The third-order valence-corrected chi connectivity index (χ3v) is 5.18. The number of ether oxygens (including phenoxy) is 3. The van der Waals surface area contributed by atoms with E-state index >= 15 is 0 Å². The molecule has 0 heterocycles. The highest BCUT2D eigenvalue weighted by Gasteiger charge is 2.34. The van der Waals surface area contributed by atoms with Crippen molar-refractivity contribution in [2.75, 3.05) is 21.3 Å². The van der Waals surface area contributed by atoms with Crippen molar-refractivity contribution in [3.05, 3.63) is 58.4 Å². The molecule has 2 aromatic rings. The van der Waals surface area contributed by atoms with E-state index in [0.717, 1.165) is 19.2 Å². The molecule has 2 aromatic carbocycles. The molecule has 0 radical (unpaired) electrons. The second kappa shape index (κ2) is 11.5. The minimum atomic E-state index is -1.34. The number of rotatable bonds is 10. The monoisotopic (exact) mass is 465 g/mol. The van der Waals surface area contributed by atoms with Crippen LogP contribution in [0.5, 0.6) is 11.5 Å². The SMILES string of the molecule is COC(=O)C(c1cc(F)ccc1Cl)N(Cc1ccc(OC)cc1OC)C(=O)CCC(C)=O. The van der Waals surface area contributed by atoms with Gasteiger partial charge in [0, 0.05) is 35.1 Å². The topological polar surface area (TPSA) is 82.1 Å². The van der Waals surface area contributed by atoms with Gasteiger partial charge in [0.15, 0.2) is 6.04 Å². The maximum absolute atomic E-state index is 14.0. The van der Waals surface area contributed by atoms with Gasteiger partial charge in [-0.05, 0) is 37.3 Å². The number of halogens is 2. The lowest BCUT2D eigenvalue weighted by Gasteiger charge is -2.31. The lowest BCUT2D eigenvalue weighted by Crippen LogP contribution is -2.39. The van der Waals surface area contributed by atoms with Gasteiger partial charge >= 0.3 is 5.97 Å². The van der Waals surface area contributed by atoms with Crippen molar-refractivity contribution in [2.24, 2.45) is 0 Å². The van der Waals surface area contributed by atoms with Gasteiger partial charge in [0.1, 0.15) is 23.1 Å². The number of amides is 1. The number of methoxy groups -OCH3 is 3. The molecular weight excluding hydrogens is 441 g/mol. The van der Waals surface area contributed by atoms with Gasteiger partial charge in [-0.2, -0.15) is 0 Å². The molecule has 0 bridgehead atoms. The maximum Gasteiger partial charge on any atom is 0.333 e. The Morgan fingerprint density at radius 2 is 1.75 bits per heavy atom. The van der Waals surface area contributed by atoms with Gasteiger partial charge in [0.2, 0.25) is 5.91 Å². The van der Waals surface area contributed by atoms with Gasteiger partial charge in [0.25, 0.3) is 0 Å². The minimum Gasteiger partial charge on any atom is -0.497 e. The van der Waals surface area contributed by atoms with Gasteiger partial charge < -0.3 is 23.9 Å². The van der Waals surface area contributed by atoms with Crippen molar-refractivity contribution in [1.82, 2.24) is 4.90 Å². The Hall–Kier alpha value is -3.13. The highest BCUT2D eigenvalue weighted by atomic mass is 35.5. The second-order valence-electron chi connectivity index (χ2n) is 6.99. The van der Waals surface area contributed by atoms with Crippen molar-refractivity contribution in [1.29, 1.82) is 0 Å². The molecule has 9 heteroatoms. The molecule has 1 unspecified atom stereocenters. The van der Waals surface area contributed by atoms with Crippen molar-refractivity contribution in [2.45, 2.75) is 32.4 Å². The van der Waals surface area contributed by atoms with Crippen LogP contribution in [0.2, 0.25) is 5.02 Å². The van der Waals surface area contributed by atoms with Crippen LogP contribution in [0.15, 0.2) is 36.4 Å². The Labute approximate surface area is 191 Å². The zero-order valence-corrected chi connectivity index (χ0v) is 19.1. The molecule has 172 valence electrons. The average molecular weight is 466 g/mol. The number of hydrogen-bond donors (Lipinski definition) is 0. The Morgan fingerprint density at radius 3 is 2.34 bits per heavy atom. The fourth-order valence-electron chi connectivity index (χ4n) is 3.17. The molecule has 0 fully saturated rings. The molecule has 7 nitrogen and oxygen atoms in total. The van der Waals surface area contributed by atoms with E-state index in [1.54, 1.807) is 18.2 Å². The minimum absolute atomic E-state index is 0.0140. The van der Waals surface area contributed by atoms with Crippen LogP contribution in [0, 0.1) is 5.82 Å². The molecule has 0 aliphatic carbocycles. The predicted molar refractivity (Wildman–Crippen MR) is 116 cm³/mol.